The van der Waals surface area contributed by atoms with Crippen LogP contribution in [-0.4, -0.2) is 62.4 Å². The molecule has 1 spiro atoms. The van der Waals surface area contributed by atoms with Crippen LogP contribution in [-0.2, 0) is 35.6 Å². The molecule has 2 amide bonds. The Morgan fingerprint density at radius 3 is 2.59 bits per heavy atom. The van der Waals surface area contributed by atoms with Crippen LogP contribution in [0.2, 0.25) is 0 Å². The SMILES string of the molecule is CC(C)(C)OC(=O)N1CCc2nn3c(c2C1)C(=O)N(CCOCc1ccccc1)C1(CC3)CC1. The summed E-state index contributed by atoms with van der Waals surface area (Å²) in [6, 6.07) is 10.1. The van der Waals surface area contributed by atoms with Gasteiger partial charge in [-0.25, -0.2) is 4.79 Å². The molecule has 0 radical (unpaired) electrons. The highest BCUT2D eigenvalue weighted by Crippen LogP contribution is 2.47. The Bertz CT molecular complexity index is 1070. The fourth-order valence-electron chi connectivity index (χ4n) is 5.03. The summed E-state index contributed by atoms with van der Waals surface area (Å²) in [7, 11) is 0. The Hall–Kier alpha value is -2.87. The van der Waals surface area contributed by atoms with Crippen LogP contribution in [0.3, 0.4) is 0 Å². The van der Waals surface area contributed by atoms with Gasteiger partial charge in [0.05, 0.1) is 25.5 Å². The number of carbonyl (C=O) groups is 2. The van der Waals surface area contributed by atoms with Crippen molar-refractivity contribution < 1.29 is 19.1 Å². The van der Waals surface area contributed by atoms with E-state index in [4.69, 9.17) is 14.6 Å². The molecule has 1 aromatic carbocycles. The van der Waals surface area contributed by atoms with E-state index in [2.05, 4.69) is 0 Å². The van der Waals surface area contributed by atoms with Gasteiger partial charge in [0.15, 0.2) is 0 Å². The number of aromatic nitrogens is 2. The minimum atomic E-state index is -0.558. The van der Waals surface area contributed by atoms with Crippen LogP contribution in [0.1, 0.15) is 67.3 Å². The van der Waals surface area contributed by atoms with E-state index in [-0.39, 0.29) is 17.5 Å². The Morgan fingerprint density at radius 1 is 1.12 bits per heavy atom. The normalized spacial score (nSPS) is 19.0. The number of carbonyl (C=O) groups excluding carboxylic acids is 2. The quantitative estimate of drug-likeness (QED) is 0.627. The first-order chi connectivity index (χ1) is 16.3. The predicted octanol–water partition coefficient (Wildman–Crippen LogP) is 3.77. The van der Waals surface area contributed by atoms with Gasteiger partial charge in [-0.3, -0.25) is 9.48 Å². The van der Waals surface area contributed by atoms with E-state index in [1.165, 1.54) is 0 Å². The van der Waals surface area contributed by atoms with Crippen LogP contribution in [0.5, 0.6) is 0 Å². The lowest BCUT2D eigenvalue weighted by atomic mass is 10.0. The topological polar surface area (TPSA) is 76.9 Å². The fourth-order valence-corrected chi connectivity index (χ4v) is 5.03. The summed E-state index contributed by atoms with van der Waals surface area (Å²) in [5.74, 6) is 0.0121. The second-order valence-corrected chi connectivity index (χ2v) is 10.6. The van der Waals surface area contributed by atoms with Gasteiger partial charge in [0, 0.05) is 37.2 Å². The molecule has 0 bridgehead atoms. The third-order valence-electron chi connectivity index (χ3n) is 6.96. The van der Waals surface area contributed by atoms with E-state index in [9.17, 15) is 9.59 Å². The maximum atomic E-state index is 13.9. The second kappa shape index (κ2) is 8.73. The van der Waals surface area contributed by atoms with Crippen LogP contribution < -0.4 is 0 Å². The Labute approximate surface area is 200 Å². The molecule has 3 heterocycles. The molecule has 5 rings (SSSR count). The van der Waals surface area contributed by atoms with Crippen molar-refractivity contribution >= 4 is 12.0 Å². The molecule has 1 aromatic heterocycles. The molecule has 34 heavy (non-hydrogen) atoms. The molecule has 0 N–H and O–H groups in total. The van der Waals surface area contributed by atoms with E-state index in [0.29, 0.717) is 45.0 Å². The summed E-state index contributed by atoms with van der Waals surface area (Å²) in [6.45, 7) is 8.80. The maximum absolute atomic E-state index is 13.9. The van der Waals surface area contributed by atoms with Gasteiger partial charge in [-0.15, -0.1) is 0 Å². The van der Waals surface area contributed by atoms with Crippen molar-refractivity contribution in [3.8, 4) is 0 Å². The Morgan fingerprint density at radius 2 is 1.88 bits per heavy atom. The lowest BCUT2D eigenvalue weighted by molar-refractivity contribution is 0.0220. The standard InChI is InChI=1S/C26H34N4O4/c1-25(2,3)34-24(32)28-13-9-21-20(17-28)22-23(31)29(26(10-11-26)12-14-30(22)27-21)15-16-33-18-19-7-5-4-6-8-19/h4-8H,9-18H2,1-3H3. The number of hydrogen-bond acceptors (Lipinski definition) is 5. The molecule has 1 fully saturated rings. The predicted molar refractivity (Wildman–Crippen MR) is 126 cm³/mol. The highest BCUT2D eigenvalue weighted by atomic mass is 16.6. The molecule has 1 aliphatic carbocycles. The van der Waals surface area contributed by atoms with Crippen LogP contribution in [0.4, 0.5) is 4.79 Å². The zero-order valence-corrected chi connectivity index (χ0v) is 20.4. The lowest BCUT2D eigenvalue weighted by Crippen LogP contribution is -2.44. The molecule has 3 aliphatic rings. The zero-order chi connectivity index (χ0) is 23.9. The molecule has 8 nitrogen and oxygen atoms in total. The van der Waals surface area contributed by atoms with Crippen LogP contribution in [0.15, 0.2) is 30.3 Å². The molecule has 182 valence electrons. The van der Waals surface area contributed by atoms with Crippen LogP contribution in [0, 0.1) is 0 Å². The third kappa shape index (κ3) is 4.56. The first kappa shape index (κ1) is 22.9. The van der Waals surface area contributed by atoms with E-state index in [1.54, 1.807) is 4.90 Å². The molecule has 2 aromatic rings. The van der Waals surface area contributed by atoms with Crippen molar-refractivity contribution in [1.29, 1.82) is 0 Å². The number of ether oxygens (including phenoxy) is 2. The average molecular weight is 467 g/mol. The molecule has 8 heteroatoms. The van der Waals surface area contributed by atoms with Gasteiger partial charge >= 0.3 is 6.09 Å². The fraction of sp³-hybridized carbons (Fsp3) is 0.577. The van der Waals surface area contributed by atoms with E-state index >= 15 is 0 Å². The molecule has 0 atom stereocenters. The minimum absolute atomic E-state index is 0.0121. The maximum Gasteiger partial charge on any atom is 0.410 e. The summed E-state index contributed by atoms with van der Waals surface area (Å²) >= 11 is 0. The summed E-state index contributed by atoms with van der Waals surface area (Å²) in [4.78, 5) is 30.3. The molecule has 2 aliphatic heterocycles. The number of aryl methyl sites for hydroxylation is 1. The van der Waals surface area contributed by atoms with Crippen LogP contribution >= 0.6 is 0 Å². The minimum Gasteiger partial charge on any atom is -0.444 e. The van der Waals surface area contributed by atoms with Gasteiger partial charge < -0.3 is 19.3 Å². The third-order valence-corrected chi connectivity index (χ3v) is 6.96. The lowest BCUT2D eigenvalue weighted by Gasteiger charge is -2.32. The number of nitrogens with zero attached hydrogens (tertiary/aromatic N) is 4. The van der Waals surface area contributed by atoms with Gasteiger partial charge in [-0.05, 0) is 45.6 Å². The Balaban J connectivity index is 1.31. The second-order valence-electron chi connectivity index (χ2n) is 10.6. The van der Waals surface area contributed by atoms with Crippen molar-refractivity contribution in [1.82, 2.24) is 19.6 Å². The monoisotopic (exact) mass is 466 g/mol. The van der Waals surface area contributed by atoms with E-state index in [1.807, 2.05) is 60.7 Å². The Kier molecular flexibility index (Phi) is 5.88. The summed E-state index contributed by atoms with van der Waals surface area (Å²) in [5.41, 5.74) is 2.92. The summed E-state index contributed by atoms with van der Waals surface area (Å²) in [5, 5.41) is 4.79. The molecule has 0 saturated heterocycles. The molecular weight excluding hydrogens is 432 g/mol. The van der Waals surface area contributed by atoms with Gasteiger partial charge in [0.25, 0.3) is 5.91 Å². The number of fused-ring (bicyclic) bond motifs is 3. The highest BCUT2D eigenvalue weighted by Gasteiger charge is 2.52. The van der Waals surface area contributed by atoms with Gasteiger partial charge in [0.1, 0.15) is 11.3 Å². The number of benzene rings is 1. The molecule has 1 saturated carbocycles. The van der Waals surface area contributed by atoms with Crippen LogP contribution in [0.25, 0.3) is 0 Å². The number of amides is 2. The van der Waals surface area contributed by atoms with E-state index < -0.39 is 5.60 Å². The first-order valence-electron chi connectivity index (χ1n) is 12.3. The molecular formula is C26H34N4O4. The number of rotatable bonds is 5. The average Bonchev–Trinajstić information content (AvgIpc) is 3.50. The summed E-state index contributed by atoms with van der Waals surface area (Å²) < 4.78 is 13.4. The first-order valence-corrected chi connectivity index (χ1v) is 12.3. The van der Waals surface area contributed by atoms with Gasteiger partial charge in [-0.2, -0.15) is 5.10 Å². The van der Waals surface area contributed by atoms with Crippen molar-refractivity contribution in [2.75, 3.05) is 19.7 Å². The van der Waals surface area contributed by atoms with E-state index in [0.717, 1.165) is 42.6 Å². The molecule has 0 unspecified atom stereocenters. The largest absolute Gasteiger partial charge is 0.444 e. The smallest absolute Gasteiger partial charge is 0.410 e. The number of hydrogen-bond donors (Lipinski definition) is 0. The van der Waals surface area contributed by atoms with Gasteiger partial charge in [0.2, 0.25) is 0 Å². The highest BCUT2D eigenvalue weighted by molar-refractivity contribution is 5.95. The van der Waals surface area contributed by atoms with Crippen molar-refractivity contribution in [3.05, 3.63) is 52.8 Å². The summed E-state index contributed by atoms with van der Waals surface area (Å²) in [6.07, 6.45) is 3.24. The zero-order valence-electron chi connectivity index (χ0n) is 20.4. The van der Waals surface area contributed by atoms with Gasteiger partial charge in [-0.1, -0.05) is 30.3 Å². The van der Waals surface area contributed by atoms with Crippen molar-refractivity contribution in [3.63, 3.8) is 0 Å². The van der Waals surface area contributed by atoms with Crippen molar-refractivity contribution in [2.24, 2.45) is 0 Å². The van der Waals surface area contributed by atoms with Crippen molar-refractivity contribution in [2.45, 2.75) is 77.3 Å².